The van der Waals surface area contributed by atoms with Gasteiger partial charge in [0.05, 0.1) is 19.6 Å². The lowest BCUT2D eigenvalue weighted by Gasteiger charge is -2.15. The van der Waals surface area contributed by atoms with Gasteiger partial charge in [0.15, 0.2) is 5.58 Å². The summed E-state index contributed by atoms with van der Waals surface area (Å²) in [5, 5.41) is 0. The zero-order valence-corrected chi connectivity index (χ0v) is 16.6. The topological polar surface area (TPSA) is 64.8 Å². The van der Waals surface area contributed by atoms with E-state index in [1.54, 1.807) is 0 Å². The molecule has 148 valence electrons. The molecule has 0 aliphatic heterocycles. The van der Waals surface area contributed by atoms with E-state index in [2.05, 4.69) is 4.98 Å². The Hall–Kier alpha value is -3.02. The molecule has 6 nitrogen and oxygen atoms in total. The van der Waals surface area contributed by atoms with Crippen LogP contribution >= 0.6 is 0 Å². The van der Waals surface area contributed by atoms with E-state index in [-0.39, 0.29) is 11.9 Å². The molecule has 0 aliphatic rings. The molecule has 3 rings (SSSR count). The van der Waals surface area contributed by atoms with E-state index in [0.29, 0.717) is 25.6 Å². The lowest BCUT2D eigenvalue weighted by molar-refractivity contribution is -0.145. The predicted molar refractivity (Wildman–Crippen MR) is 109 cm³/mol. The van der Waals surface area contributed by atoms with Gasteiger partial charge in [-0.3, -0.25) is 4.79 Å². The molecule has 28 heavy (non-hydrogen) atoms. The van der Waals surface area contributed by atoms with Crippen LogP contribution in [-0.2, 0) is 16.0 Å². The largest absolute Gasteiger partial charge is 0.492 e. The third kappa shape index (κ3) is 4.82. The van der Waals surface area contributed by atoms with E-state index in [1.165, 1.54) is 7.11 Å². The first kappa shape index (κ1) is 19.7. The van der Waals surface area contributed by atoms with Gasteiger partial charge in [-0.05, 0) is 42.7 Å². The first-order chi connectivity index (χ1) is 13.6. The minimum Gasteiger partial charge on any atom is -0.492 e. The lowest BCUT2D eigenvalue weighted by Crippen LogP contribution is -2.24. The molecular formula is C22H26N2O4. The molecule has 0 saturated carbocycles. The van der Waals surface area contributed by atoms with E-state index in [1.807, 2.05) is 67.4 Å². The Kier molecular flexibility index (Phi) is 6.53. The summed E-state index contributed by atoms with van der Waals surface area (Å²) < 4.78 is 16.4. The van der Waals surface area contributed by atoms with Crippen molar-refractivity contribution in [1.82, 2.24) is 4.98 Å². The summed E-state index contributed by atoms with van der Waals surface area (Å²) in [5.41, 5.74) is 2.71. The average molecular weight is 382 g/mol. The molecule has 0 saturated heterocycles. The maximum Gasteiger partial charge on any atom is 0.308 e. The highest BCUT2D eigenvalue weighted by molar-refractivity contribution is 5.74. The molecule has 2 aromatic carbocycles. The van der Waals surface area contributed by atoms with Gasteiger partial charge in [0.25, 0.3) is 6.01 Å². The predicted octanol–water partition coefficient (Wildman–Crippen LogP) is 4.08. The Bertz CT molecular complexity index is 871. The number of para-hydroxylation sites is 2. The van der Waals surface area contributed by atoms with Crippen molar-refractivity contribution in [3.8, 4) is 5.75 Å². The fourth-order valence-corrected chi connectivity index (χ4v) is 2.99. The summed E-state index contributed by atoms with van der Waals surface area (Å²) in [6.45, 7) is 3.15. The SMILES string of the molecule is CCC(Cc1ccc(OCCN(C)c2nc3ccccc3o2)cc1)C(=O)OC. The van der Waals surface area contributed by atoms with Crippen molar-refractivity contribution in [1.29, 1.82) is 0 Å². The summed E-state index contributed by atoms with van der Waals surface area (Å²) in [7, 11) is 3.36. The van der Waals surface area contributed by atoms with Gasteiger partial charge in [-0.25, -0.2) is 0 Å². The smallest absolute Gasteiger partial charge is 0.308 e. The molecule has 3 aromatic rings. The molecular weight excluding hydrogens is 356 g/mol. The number of aromatic nitrogens is 1. The van der Waals surface area contributed by atoms with Crippen molar-refractivity contribution < 1.29 is 18.7 Å². The van der Waals surface area contributed by atoms with E-state index in [9.17, 15) is 4.79 Å². The number of anilines is 1. The zero-order chi connectivity index (χ0) is 19.9. The number of hydrogen-bond donors (Lipinski definition) is 0. The van der Waals surface area contributed by atoms with Crippen molar-refractivity contribution in [2.24, 2.45) is 5.92 Å². The number of oxazole rings is 1. The van der Waals surface area contributed by atoms with Crippen LogP contribution in [-0.4, -0.2) is 38.3 Å². The highest BCUT2D eigenvalue weighted by Gasteiger charge is 2.17. The van der Waals surface area contributed by atoms with E-state index in [4.69, 9.17) is 13.9 Å². The van der Waals surface area contributed by atoms with Crippen molar-refractivity contribution in [2.75, 3.05) is 32.2 Å². The van der Waals surface area contributed by atoms with Crippen LogP contribution in [0.5, 0.6) is 5.75 Å². The first-order valence-electron chi connectivity index (χ1n) is 9.47. The van der Waals surface area contributed by atoms with Gasteiger partial charge in [-0.1, -0.05) is 31.2 Å². The van der Waals surface area contributed by atoms with Crippen LogP contribution in [0.1, 0.15) is 18.9 Å². The molecule has 1 unspecified atom stereocenters. The van der Waals surface area contributed by atoms with Crippen LogP contribution in [0.3, 0.4) is 0 Å². The van der Waals surface area contributed by atoms with Crippen LogP contribution in [0.15, 0.2) is 52.9 Å². The first-order valence-corrected chi connectivity index (χ1v) is 9.47. The highest BCUT2D eigenvalue weighted by atomic mass is 16.5. The molecule has 1 atom stereocenters. The fourth-order valence-electron chi connectivity index (χ4n) is 2.99. The summed E-state index contributed by atoms with van der Waals surface area (Å²) >= 11 is 0. The minimum absolute atomic E-state index is 0.110. The monoisotopic (exact) mass is 382 g/mol. The van der Waals surface area contributed by atoms with Gasteiger partial charge in [-0.2, -0.15) is 4.98 Å². The van der Waals surface area contributed by atoms with Crippen molar-refractivity contribution in [2.45, 2.75) is 19.8 Å². The Labute approximate surface area is 165 Å². The number of methoxy groups -OCH3 is 1. The highest BCUT2D eigenvalue weighted by Crippen LogP contribution is 2.21. The molecule has 0 amide bonds. The molecule has 0 N–H and O–H groups in total. The number of ether oxygens (including phenoxy) is 2. The number of rotatable bonds is 9. The molecule has 0 radical (unpaired) electrons. The van der Waals surface area contributed by atoms with Gasteiger partial charge in [0.2, 0.25) is 0 Å². The summed E-state index contributed by atoms with van der Waals surface area (Å²) in [4.78, 5) is 18.1. The van der Waals surface area contributed by atoms with Crippen LogP contribution in [0, 0.1) is 5.92 Å². The molecule has 0 spiro atoms. The molecule has 1 heterocycles. The minimum atomic E-state index is -0.162. The number of carbonyl (C=O) groups is 1. The van der Waals surface area contributed by atoms with Crippen molar-refractivity contribution >= 4 is 23.1 Å². The van der Waals surface area contributed by atoms with Gasteiger partial charge >= 0.3 is 5.97 Å². The van der Waals surface area contributed by atoms with Crippen LogP contribution in [0.2, 0.25) is 0 Å². The number of carbonyl (C=O) groups excluding carboxylic acids is 1. The standard InChI is InChI=1S/C22H26N2O4/c1-4-17(21(25)26-3)15-16-9-11-18(12-10-16)27-14-13-24(2)22-23-19-7-5-6-8-20(19)28-22/h5-12,17H,4,13-15H2,1-3H3. The Balaban J connectivity index is 1.50. The second-order valence-corrected chi connectivity index (χ2v) is 6.71. The third-order valence-electron chi connectivity index (χ3n) is 4.74. The summed E-state index contributed by atoms with van der Waals surface area (Å²) in [5.74, 6) is 0.521. The van der Waals surface area contributed by atoms with Crippen molar-refractivity contribution in [3.05, 3.63) is 54.1 Å². The normalized spacial score (nSPS) is 12.0. The third-order valence-corrected chi connectivity index (χ3v) is 4.74. The summed E-state index contributed by atoms with van der Waals surface area (Å²) in [6.07, 6.45) is 1.43. The number of fused-ring (bicyclic) bond motifs is 1. The quantitative estimate of drug-likeness (QED) is 0.520. The van der Waals surface area contributed by atoms with Gasteiger partial charge < -0.3 is 18.8 Å². The molecule has 1 aromatic heterocycles. The van der Waals surface area contributed by atoms with Gasteiger partial charge in [-0.15, -0.1) is 0 Å². The van der Waals surface area contributed by atoms with E-state index in [0.717, 1.165) is 28.8 Å². The number of benzene rings is 2. The molecule has 0 bridgehead atoms. The summed E-state index contributed by atoms with van der Waals surface area (Å²) in [6, 6.07) is 16.1. The van der Waals surface area contributed by atoms with E-state index < -0.39 is 0 Å². The van der Waals surface area contributed by atoms with E-state index >= 15 is 0 Å². The number of nitrogens with zero attached hydrogens (tertiary/aromatic N) is 2. The number of likely N-dealkylation sites (N-methyl/N-ethyl adjacent to an activating group) is 1. The molecule has 6 heteroatoms. The maximum absolute atomic E-state index is 11.7. The van der Waals surface area contributed by atoms with Gasteiger partial charge in [0, 0.05) is 7.05 Å². The second kappa shape index (κ2) is 9.26. The van der Waals surface area contributed by atoms with Gasteiger partial charge in [0.1, 0.15) is 17.9 Å². The number of hydrogen-bond acceptors (Lipinski definition) is 6. The van der Waals surface area contributed by atoms with Crippen LogP contribution in [0.25, 0.3) is 11.1 Å². The van der Waals surface area contributed by atoms with Crippen LogP contribution < -0.4 is 9.64 Å². The Morgan fingerprint density at radius 3 is 2.61 bits per heavy atom. The molecule has 0 aliphatic carbocycles. The zero-order valence-electron chi connectivity index (χ0n) is 16.6. The second-order valence-electron chi connectivity index (χ2n) is 6.71. The fraction of sp³-hybridized carbons (Fsp3) is 0.364. The molecule has 0 fully saturated rings. The number of esters is 1. The Morgan fingerprint density at radius 2 is 1.93 bits per heavy atom. The maximum atomic E-state index is 11.7. The average Bonchev–Trinajstić information content (AvgIpc) is 3.17. The van der Waals surface area contributed by atoms with Crippen LogP contribution in [0.4, 0.5) is 6.01 Å². The van der Waals surface area contributed by atoms with Crippen molar-refractivity contribution in [3.63, 3.8) is 0 Å². The lowest BCUT2D eigenvalue weighted by atomic mass is 9.97. The Morgan fingerprint density at radius 1 is 1.18 bits per heavy atom.